The number of amides is 1. The molecule has 5 heteroatoms. The van der Waals surface area contributed by atoms with Crippen LogP contribution in [0.15, 0.2) is 12.1 Å². The predicted molar refractivity (Wildman–Crippen MR) is 83.0 cm³/mol. The number of anilines is 1. The molecule has 0 bridgehead atoms. The van der Waals surface area contributed by atoms with Crippen LogP contribution in [0, 0.1) is 12.7 Å². The Morgan fingerprint density at radius 3 is 2.48 bits per heavy atom. The number of nitrogens with zero attached hydrogens (tertiary/aromatic N) is 2. The highest BCUT2D eigenvalue weighted by Gasteiger charge is 2.19. The Kier molecular flexibility index (Phi) is 6.15. The second kappa shape index (κ2) is 7.41. The van der Waals surface area contributed by atoms with Crippen molar-refractivity contribution >= 4 is 11.6 Å². The summed E-state index contributed by atoms with van der Waals surface area (Å²) in [7, 11) is 3.41. The van der Waals surface area contributed by atoms with Crippen LogP contribution in [0.1, 0.15) is 37.5 Å². The standard InChI is InChI=1S/C16H25FN2O2/c1-6-7-19(10-16(21)18(4)5)15-8-11(2)14(17)9-13(15)12(3)20/h8-9,12,20H,6-7,10H2,1-5H3/t12-/m0/s1. The Morgan fingerprint density at radius 1 is 1.38 bits per heavy atom. The van der Waals surface area contributed by atoms with E-state index in [4.69, 9.17) is 0 Å². The summed E-state index contributed by atoms with van der Waals surface area (Å²) in [4.78, 5) is 15.4. The Morgan fingerprint density at radius 2 is 2.00 bits per heavy atom. The van der Waals surface area contributed by atoms with Crippen molar-refractivity contribution in [3.8, 4) is 0 Å². The lowest BCUT2D eigenvalue weighted by Gasteiger charge is -2.28. The van der Waals surface area contributed by atoms with E-state index in [0.29, 0.717) is 17.7 Å². The molecule has 0 aromatic heterocycles. The van der Waals surface area contributed by atoms with Crippen molar-refractivity contribution in [3.63, 3.8) is 0 Å². The third-order valence-corrected chi connectivity index (χ3v) is 3.42. The fourth-order valence-electron chi connectivity index (χ4n) is 2.15. The van der Waals surface area contributed by atoms with Gasteiger partial charge in [-0.2, -0.15) is 0 Å². The van der Waals surface area contributed by atoms with E-state index in [-0.39, 0.29) is 18.3 Å². The van der Waals surface area contributed by atoms with E-state index in [1.807, 2.05) is 11.8 Å². The lowest BCUT2D eigenvalue weighted by molar-refractivity contribution is -0.127. The molecule has 0 fully saturated rings. The SMILES string of the molecule is CCCN(CC(=O)N(C)C)c1cc(C)c(F)cc1[C@H](C)O. The zero-order valence-electron chi connectivity index (χ0n) is 13.5. The molecule has 4 nitrogen and oxygen atoms in total. The van der Waals surface area contributed by atoms with Gasteiger partial charge < -0.3 is 14.9 Å². The molecule has 0 saturated heterocycles. The molecule has 21 heavy (non-hydrogen) atoms. The first kappa shape index (κ1) is 17.4. The van der Waals surface area contributed by atoms with Crippen molar-refractivity contribution in [2.75, 3.05) is 32.1 Å². The minimum absolute atomic E-state index is 0.0260. The first-order chi connectivity index (χ1) is 9.77. The van der Waals surface area contributed by atoms with E-state index in [0.717, 1.165) is 12.1 Å². The molecule has 0 unspecified atom stereocenters. The van der Waals surface area contributed by atoms with Crippen molar-refractivity contribution in [1.29, 1.82) is 0 Å². The first-order valence-corrected chi connectivity index (χ1v) is 7.21. The van der Waals surface area contributed by atoms with Crippen LogP contribution in [-0.4, -0.2) is 43.1 Å². The van der Waals surface area contributed by atoms with Gasteiger partial charge in [-0.15, -0.1) is 0 Å². The summed E-state index contributed by atoms with van der Waals surface area (Å²) in [6.45, 7) is 6.19. The summed E-state index contributed by atoms with van der Waals surface area (Å²) in [6, 6.07) is 3.06. The van der Waals surface area contributed by atoms with E-state index in [1.54, 1.807) is 34.0 Å². The lowest BCUT2D eigenvalue weighted by Crippen LogP contribution is -2.37. The van der Waals surface area contributed by atoms with E-state index in [9.17, 15) is 14.3 Å². The molecule has 0 spiro atoms. The number of aliphatic hydroxyl groups excluding tert-OH is 1. The van der Waals surface area contributed by atoms with E-state index < -0.39 is 6.10 Å². The number of carbonyl (C=O) groups excluding carboxylic acids is 1. The molecule has 1 rings (SSSR count). The second-order valence-electron chi connectivity index (χ2n) is 5.55. The molecule has 1 atom stereocenters. The molecule has 0 saturated carbocycles. The van der Waals surface area contributed by atoms with Crippen LogP contribution in [0.4, 0.5) is 10.1 Å². The zero-order valence-corrected chi connectivity index (χ0v) is 13.5. The molecule has 0 aliphatic rings. The number of likely N-dealkylation sites (N-methyl/N-ethyl adjacent to an activating group) is 1. The van der Waals surface area contributed by atoms with Crippen LogP contribution in [-0.2, 0) is 4.79 Å². The minimum Gasteiger partial charge on any atom is -0.389 e. The van der Waals surface area contributed by atoms with Gasteiger partial charge in [0.15, 0.2) is 0 Å². The number of aryl methyl sites for hydroxylation is 1. The van der Waals surface area contributed by atoms with Gasteiger partial charge in [-0.1, -0.05) is 6.92 Å². The van der Waals surface area contributed by atoms with E-state index in [1.165, 1.54) is 11.0 Å². The van der Waals surface area contributed by atoms with Gasteiger partial charge in [0.25, 0.3) is 0 Å². The minimum atomic E-state index is -0.788. The third kappa shape index (κ3) is 4.43. The predicted octanol–water partition coefficient (Wildman–Crippen LogP) is 2.49. The molecule has 1 N–H and O–H groups in total. The van der Waals surface area contributed by atoms with Gasteiger partial charge in [-0.05, 0) is 38.0 Å². The first-order valence-electron chi connectivity index (χ1n) is 7.21. The van der Waals surface area contributed by atoms with Crippen molar-refractivity contribution < 1.29 is 14.3 Å². The second-order valence-corrected chi connectivity index (χ2v) is 5.55. The fraction of sp³-hybridized carbons (Fsp3) is 0.562. The Labute approximate surface area is 126 Å². The number of benzene rings is 1. The van der Waals surface area contributed by atoms with Gasteiger partial charge in [0.2, 0.25) is 5.91 Å². The fourth-order valence-corrected chi connectivity index (χ4v) is 2.15. The van der Waals surface area contributed by atoms with Crippen molar-refractivity contribution in [2.45, 2.75) is 33.3 Å². The van der Waals surface area contributed by atoms with Gasteiger partial charge in [-0.3, -0.25) is 4.79 Å². The quantitative estimate of drug-likeness (QED) is 0.877. The van der Waals surface area contributed by atoms with Gasteiger partial charge >= 0.3 is 0 Å². The monoisotopic (exact) mass is 296 g/mol. The molecular weight excluding hydrogens is 271 g/mol. The Hall–Kier alpha value is -1.62. The highest BCUT2D eigenvalue weighted by atomic mass is 19.1. The van der Waals surface area contributed by atoms with E-state index in [2.05, 4.69) is 0 Å². The van der Waals surface area contributed by atoms with Crippen LogP contribution in [0.3, 0.4) is 0 Å². The number of hydrogen-bond acceptors (Lipinski definition) is 3. The largest absolute Gasteiger partial charge is 0.389 e. The molecular formula is C16H25FN2O2. The smallest absolute Gasteiger partial charge is 0.241 e. The zero-order chi connectivity index (χ0) is 16.2. The van der Waals surface area contributed by atoms with Gasteiger partial charge in [0.05, 0.1) is 12.6 Å². The maximum Gasteiger partial charge on any atom is 0.241 e. The van der Waals surface area contributed by atoms with Crippen LogP contribution in [0.25, 0.3) is 0 Å². The molecule has 0 radical (unpaired) electrons. The Bertz CT molecular complexity index is 501. The molecule has 0 heterocycles. The van der Waals surface area contributed by atoms with Crippen molar-refractivity contribution in [1.82, 2.24) is 4.90 Å². The van der Waals surface area contributed by atoms with Gasteiger partial charge in [0.1, 0.15) is 5.82 Å². The highest BCUT2D eigenvalue weighted by Crippen LogP contribution is 2.29. The molecule has 118 valence electrons. The highest BCUT2D eigenvalue weighted by molar-refractivity contribution is 5.81. The molecule has 1 aromatic rings. The number of rotatable bonds is 6. The van der Waals surface area contributed by atoms with Crippen LogP contribution < -0.4 is 4.90 Å². The Balaban J connectivity index is 3.23. The average Bonchev–Trinajstić information content (AvgIpc) is 2.40. The normalized spacial score (nSPS) is 12.1. The maximum absolute atomic E-state index is 13.8. The summed E-state index contributed by atoms with van der Waals surface area (Å²) in [6.07, 6.45) is 0.0695. The molecule has 1 amide bonds. The molecule has 0 aliphatic carbocycles. The average molecular weight is 296 g/mol. The van der Waals surface area contributed by atoms with Gasteiger partial charge in [0, 0.05) is 31.9 Å². The number of carbonyl (C=O) groups is 1. The number of halogens is 1. The lowest BCUT2D eigenvalue weighted by atomic mass is 10.0. The van der Waals surface area contributed by atoms with Crippen LogP contribution >= 0.6 is 0 Å². The van der Waals surface area contributed by atoms with Crippen molar-refractivity contribution in [3.05, 3.63) is 29.1 Å². The summed E-state index contributed by atoms with van der Waals surface area (Å²) in [5.74, 6) is -0.369. The van der Waals surface area contributed by atoms with Crippen LogP contribution in [0.5, 0.6) is 0 Å². The summed E-state index contributed by atoms with van der Waals surface area (Å²) in [5.41, 5.74) is 1.74. The topological polar surface area (TPSA) is 43.8 Å². The summed E-state index contributed by atoms with van der Waals surface area (Å²) < 4.78 is 13.8. The number of aliphatic hydroxyl groups is 1. The summed E-state index contributed by atoms with van der Waals surface area (Å²) in [5, 5.41) is 9.89. The molecule has 1 aromatic carbocycles. The molecule has 0 aliphatic heterocycles. The van der Waals surface area contributed by atoms with Crippen LogP contribution in [0.2, 0.25) is 0 Å². The number of hydrogen-bond donors (Lipinski definition) is 1. The van der Waals surface area contributed by atoms with Gasteiger partial charge in [-0.25, -0.2) is 4.39 Å². The van der Waals surface area contributed by atoms with E-state index >= 15 is 0 Å². The summed E-state index contributed by atoms with van der Waals surface area (Å²) >= 11 is 0. The third-order valence-electron chi connectivity index (χ3n) is 3.42. The maximum atomic E-state index is 13.8. The van der Waals surface area contributed by atoms with Crippen molar-refractivity contribution in [2.24, 2.45) is 0 Å².